The van der Waals surface area contributed by atoms with Crippen molar-refractivity contribution >= 4 is 34.6 Å². The van der Waals surface area contributed by atoms with Crippen LogP contribution in [0.5, 0.6) is 0 Å². The van der Waals surface area contributed by atoms with E-state index in [0.29, 0.717) is 11.1 Å². The first-order chi connectivity index (χ1) is 28.3. The number of nitrogen functional groups attached to an aromatic ring is 1. The average Bonchev–Trinajstić information content (AvgIpc) is 3.87. The number of carbonyl (C=O) groups is 2. The Morgan fingerprint density at radius 1 is 0.576 bits per heavy atom. The number of aromatic nitrogens is 4. The van der Waals surface area contributed by atoms with E-state index in [4.69, 9.17) is 10.8 Å². The molecule has 2 aromatic heterocycles. The summed E-state index contributed by atoms with van der Waals surface area (Å²) >= 11 is 0. The van der Waals surface area contributed by atoms with Crippen molar-refractivity contribution in [1.82, 2.24) is 28.9 Å². The van der Waals surface area contributed by atoms with Gasteiger partial charge >= 0.3 is 5.97 Å². The van der Waals surface area contributed by atoms with Gasteiger partial charge in [-0.1, -0.05) is 35.4 Å². The minimum absolute atomic E-state index is 0.103. The lowest BCUT2D eigenvalue weighted by molar-refractivity contribution is 0.0696. The summed E-state index contributed by atoms with van der Waals surface area (Å²) in [5.41, 5.74) is 17.2. The lowest BCUT2D eigenvalue weighted by Crippen LogP contribution is -2.44. The molecular weight excluding hydrogens is 741 g/mol. The fraction of sp³-hybridized carbons (Fsp3) is 0.304. The third-order valence-electron chi connectivity index (χ3n) is 10.5. The summed E-state index contributed by atoms with van der Waals surface area (Å²) in [6.45, 7) is 16.2. The van der Waals surface area contributed by atoms with Crippen LogP contribution in [0.25, 0.3) is 11.4 Å². The number of likely N-dealkylation sites (N-methyl/N-ethyl adjacent to an activating group) is 2. The van der Waals surface area contributed by atoms with Crippen LogP contribution < -0.4 is 20.9 Å². The van der Waals surface area contributed by atoms with Gasteiger partial charge in [0, 0.05) is 93.1 Å². The number of aryl methyl sites for hydroxylation is 4. The average molecular weight is 797 g/mol. The molecule has 0 saturated carbocycles. The van der Waals surface area contributed by atoms with E-state index in [1.165, 1.54) is 5.69 Å². The quantitative estimate of drug-likeness (QED) is 0.150. The summed E-state index contributed by atoms with van der Waals surface area (Å²) < 4.78 is 4.02. The molecule has 4 heterocycles. The van der Waals surface area contributed by atoms with Crippen molar-refractivity contribution < 1.29 is 14.7 Å². The van der Waals surface area contributed by atoms with Crippen LogP contribution in [0.1, 0.15) is 43.2 Å². The molecule has 0 radical (unpaired) electrons. The highest BCUT2D eigenvalue weighted by atomic mass is 16.4. The van der Waals surface area contributed by atoms with E-state index >= 15 is 0 Å². The van der Waals surface area contributed by atoms with Gasteiger partial charge in [0.15, 0.2) is 0 Å². The molecule has 2 aliphatic rings. The molecule has 0 atom stereocenters. The minimum Gasteiger partial charge on any atom is -0.478 e. The Kier molecular flexibility index (Phi) is 13.8. The number of amides is 1. The number of nitrogens with one attached hydrogen (secondary N) is 1. The summed E-state index contributed by atoms with van der Waals surface area (Å²) in [4.78, 5) is 41.1. The van der Waals surface area contributed by atoms with Gasteiger partial charge in [-0.15, -0.1) is 0 Å². The van der Waals surface area contributed by atoms with Crippen LogP contribution in [-0.2, 0) is 0 Å². The summed E-state index contributed by atoms with van der Waals surface area (Å²) in [7, 11) is 4.31. The molecule has 6 aromatic rings. The highest BCUT2D eigenvalue weighted by molar-refractivity contribution is 6.04. The maximum atomic E-state index is 12.8. The molecule has 1 amide bonds. The summed E-state index contributed by atoms with van der Waals surface area (Å²) in [5, 5.41) is 11.5. The summed E-state index contributed by atoms with van der Waals surface area (Å²) in [6, 6.07) is 26.8. The molecule has 13 nitrogen and oxygen atoms in total. The van der Waals surface area contributed by atoms with E-state index in [2.05, 4.69) is 73.2 Å². The molecule has 308 valence electrons. The molecule has 2 fully saturated rings. The van der Waals surface area contributed by atoms with Crippen LogP contribution >= 0.6 is 0 Å². The number of carbonyl (C=O) groups excluding carboxylic acids is 1. The first kappa shape index (κ1) is 42.2. The van der Waals surface area contributed by atoms with Gasteiger partial charge in [0.25, 0.3) is 5.91 Å². The van der Waals surface area contributed by atoms with Gasteiger partial charge in [-0.05, 0) is 102 Å². The number of carboxylic acids is 1. The van der Waals surface area contributed by atoms with Crippen molar-refractivity contribution in [2.75, 3.05) is 87.3 Å². The SMILES string of the molecule is Cc1ccc(C(=O)Nc2cc(N3CCN(C)CC3)cc(-n3cnc(C)c3)c2)cc1.Cc1ccc(C(=O)O)cc1.Cc1cn(-c2cc(N)cc(N3CCN(C)CC3)c2)cn1. The molecule has 4 aromatic carbocycles. The molecule has 59 heavy (non-hydrogen) atoms. The first-order valence-electron chi connectivity index (χ1n) is 19.9. The predicted octanol–water partition coefficient (Wildman–Crippen LogP) is 6.70. The number of hydrogen-bond acceptors (Lipinski definition) is 9. The minimum atomic E-state index is -0.875. The molecule has 0 bridgehead atoms. The Morgan fingerprint density at radius 3 is 1.42 bits per heavy atom. The number of nitrogens with zero attached hydrogens (tertiary/aromatic N) is 8. The molecule has 8 rings (SSSR count). The third-order valence-corrected chi connectivity index (χ3v) is 10.5. The maximum Gasteiger partial charge on any atom is 0.335 e. The number of nitrogens with two attached hydrogens (primary N) is 1. The van der Waals surface area contributed by atoms with Gasteiger partial charge in [-0.3, -0.25) is 4.79 Å². The molecule has 0 spiro atoms. The number of carboxylic acid groups (broad SMARTS) is 1. The third kappa shape index (κ3) is 11.8. The van der Waals surface area contributed by atoms with Gasteiger partial charge in [0.05, 0.1) is 41.0 Å². The van der Waals surface area contributed by atoms with Crippen molar-refractivity contribution in [3.63, 3.8) is 0 Å². The zero-order chi connectivity index (χ0) is 42.1. The van der Waals surface area contributed by atoms with Crippen molar-refractivity contribution in [3.8, 4) is 11.4 Å². The van der Waals surface area contributed by atoms with Crippen LogP contribution in [0, 0.1) is 27.7 Å². The summed E-state index contributed by atoms with van der Waals surface area (Å²) in [5.74, 6) is -0.978. The van der Waals surface area contributed by atoms with Crippen LogP contribution in [0.15, 0.2) is 110 Å². The van der Waals surface area contributed by atoms with Gasteiger partial charge in [-0.2, -0.15) is 0 Å². The lowest BCUT2D eigenvalue weighted by atomic mass is 10.1. The van der Waals surface area contributed by atoms with Crippen LogP contribution in [0.3, 0.4) is 0 Å². The largest absolute Gasteiger partial charge is 0.478 e. The molecule has 0 unspecified atom stereocenters. The van der Waals surface area contributed by atoms with E-state index in [9.17, 15) is 9.59 Å². The second-order valence-corrected chi connectivity index (χ2v) is 15.4. The van der Waals surface area contributed by atoms with Crippen molar-refractivity contribution in [2.24, 2.45) is 0 Å². The number of anilines is 4. The lowest BCUT2D eigenvalue weighted by Gasteiger charge is -2.34. The molecule has 0 aliphatic carbocycles. The van der Waals surface area contributed by atoms with E-state index in [1.807, 2.05) is 98.3 Å². The Labute approximate surface area is 347 Å². The fourth-order valence-electron chi connectivity index (χ4n) is 6.81. The molecule has 2 saturated heterocycles. The Morgan fingerprint density at radius 2 is 0.983 bits per heavy atom. The second kappa shape index (κ2) is 19.3. The normalized spacial score (nSPS) is 14.5. The highest BCUT2D eigenvalue weighted by Crippen LogP contribution is 2.27. The van der Waals surface area contributed by atoms with E-state index < -0.39 is 5.97 Å². The molecule has 2 aliphatic heterocycles. The van der Waals surface area contributed by atoms with Crippen LogP contribution in [-0.4, -0.2) is 112 Å². The monoisotopic (exact) mass is 796 g/mol. The topological polar surface area (TPSA) is 141 Å². The van der Waals surface area contributed by atoms with E-state index in [-0.39, 0.29) is 5.91 Å². The van der Waals surface area contributed by atoms with Gasteiger partial charge in [-0.25, -0.2) is 14.8 Å². The number of benzene rings is 4. The zero-order valence-electron chi connectivity index (χ0n) is 35.0. The van der Waals surface area contributed by atoms with Crippen molar-refractivity contribution in [1.29, 1.82) is 0 Å². The standard InChI is InChI=1S/C23H27N5O.C15H21N5.C8H8O2/c1-17-4-6-19(7-5-17)23(29)25-20-12-21(27-10-8-26(3)9-11-27)14-22(13-20)28-15-18(2)24-16-28;1-12-10-20(11-17-12)15-8-13(16)7-14(9-15)19-5-3-18(2)4-6-19;1-6-2-4-7(5-3-6)8(9)10/h4-7,12-16H,8-11H2,1-3H3,(H,25,29);7-11H,3-6,16H2,1-2H3;2-5H,1H3,(H,9,10). The van der Waals surface area contributed by atoms with Crippen molar-refractivity contribution in [2.45, 2.75) is 27.7 Å². The van der Waals surface area contributed by atoms with E-state index in [1.54, 1.807) is 24.3 Å². The Balaban J connectivity index is 0.000000168. The van der Waals surface area contributed by atoms with Gasteiger partial charge in [0.2, 0.25) is 0 Å². The Bertz CT molecular complexity index is 2320. The first-order valence-corrected chi connectivity index (χ1v) is 19.9. The fourth-order valence-corrected chi connectivity index (χ4v) is 6.81. The predicted molar refractivity (Wildman–Crippen MR) is 238 cm³/mol. The van der Waals surface area contributed by atoms with Crippen molar-refractivity contribution in [3.05, 3.63) is 144 Å². The second-order valence-electron chi connectivity index (χ2n) is 15.4. The summed E-state index contributed by atoms with van der Waals surface area (Å²) in [6.07, 6.45) is 7.65. The Hall–Kier alpha value is -6.44. The van der Waals surface area contributed by atoms with Gasteiger partial charge in [0.1, 0.15) is 0 Å². The van der Waals surface area contributed by atoms with E-state index in [0.717, 1.165) is 103 Å². The highest BCUT2D eigenvalue weighted by Gasteiger charge is 2.18. The molecular formula is C46H56N10O3. The van der Waals surface area contributed by atoms with Crippen LogP contribution in [0.2, 0.25) is 0 Å². The number of aromatic carboxylic acids is 1. The van der Waals surface area contributed by atoms with Crippen LogP contribution in [0.4, 0.5) is 22.7 Å². The molecule has 4 N–H and O–H groups in total. The molecule has 13 heteroatoms. The maximum absolute atomic E-state index is 12.8. The van der Waals surface area contributed by atoms with Gasteiger partial charge < -0.3 is 44.9 Å². The number of rotatable bonds is 7. The smallest absolute Gasteiger partial charge is 0.335 e. The number of piperazine rings is 2. The number of imidazole rings is 2. The zero-order valence-corrected chi connectivity index (χ0v) is 35.0. The number of hydrogen-bond donors (Lipinski definition) is 3.